The molecule has 0 aliphatic rings. The van der Waals surface area contributed by atoms with Crippen LogP contribution < -0.4 is 0 Å². The topological polar surface area (TPSA) is 0 Å². The van der Waals surface area contributed by atoms with Gasteiger partial charge < -0.3 is 0 Å². The highest BCUT2D eigenvalue weighted by Gasteiger charge is 2.35. The molecule has 0 spiro atoms. The normalized spacial score (nSPS) is 15.3. The third-order valence-corrected chi connectivity index (χ3v) is 3.66. The largest absolute Gasteiger partial charge is 0.253 e. The zero-order valence-electron chi connectivity index (χ0n) is 9.04. The summed E-state index contributed by atoms with van der Waals surface area (Å²) in [5, 5.41) is 0. The SMILES string of the molecule is CCCC(C)(Sc1ccccc1)C(F)F. The molecule has 0 aromatic heterocycles. The lowest BCUT2D eigenvalue weighted by atomic mass is 10.1. The third-order valence-electron chi connectivity index (χ3n) is 2.30. The molecule has 3 heteroatoms. The van der Waals surface area contributed by atoms with Crippen LogP contribution in [0.3, 0.4) is 0 Å². The number of benzene rings is 1. The Bertz CT molecular complexity index is 287. The van der Waals surface area contributed by atoms with E-state index in [9.17, 15) is 8.78 Å². The van der Waals surface area contributed by atoms with Crippen LogP contribution in [-0.2, 0) is 0 Å². The van der Waals surface area contributed by atoms with Crippen molar-refractivity contribution >= 4 is 11.8 Å². The molecule has 1 aromatic rings. The molecule has 0 heterocycles. The van der Waals surface area contributed by atoms with E-state index >= 15 is 0 Å². The predicted octanol–water partition coefficient (Wildman–Crippen LogP) is 4.60. The van der Waals surface area contributed by atoms with Gasteiger partial charge in [0.15, 0.2) is 0 Å². The standard InChI is InChI=1S/C12H16F2S/c1-3-9-12(2,11(13)14)15-10-7-5-4-6-8-10/h4-8,11H,3,9H2,1-2H3. The van der Waals surface area contributed by atoms with Crippen molar-refractivity contribution < 1.29 is 8.78 Å². The summed E-state index contributed by atoms with van der Waals surface area (Å²) in [5.41, 5.74) is 0. The molecule has 1 atom stereocenters. The first kappa shape index (κ1) is 12.5. The molecule has 15 heavy (non-hydrogen) atoms. The number of thioether (sulfide) groups is 1. The minimum absolute atomic E-state index is 0.532. The van der Waals surface area contributed by atoms with Gasteiger partial charge in [-0.3, -0.25) is 0 Å². The molecule has 1 rings (SSSR count). The number of rotatable bonds is 5. The maximum absolute atomic E-state index is 12.9. The summed E-state index contributed by atoms with van der Waals surface area (Å²) in [6.45, 7) is 3.57. The molecule has 0 nitrogen and oxygen atoms in total. The van der Waals surface area contributed by atoms with Crippen LogP contribution in [0.25, 0.3) is 0 Å². The van der Waals surface area contributed by atoms with Gasteiger partial charge in [-0.15, -0.1) is 11.8 Å². The highest BCUT2D eigenvalue weighted by molar-refractivity contribution is 8.00. The molecular weight excluding hydrogens is 214 g/mol. The Morgan fingerprint density at radius 2 is 1.87 bits per heavy atom. The minimum atomic E-state index is -2.29. The van der Waals surface area contributed by atoms with Crippen molar-refractivity contribution in [3.05, 3.63) is 30.3 Å². The van der Waals surface area contributed by atoms with Gasteiger partial charge >= 0.3 is 0 Å². The van der Waals surface area contributed by atoms with Gasteiger partial charge in [-0.25, -0.2) is 8.78 Å². The first-order valence-corrected chi connectivity index (χ1v) is 5.92. The van der Waals surface area contributed by atoms with E-state index in [0.29, 0.717) is 6.42 Å². The van der Waals surface area contributed by atoms with Crippen molar-refractivity contribution in [2.75, 3.05) is 0 Å². The lowest BCUT2D eigenvalue weighted by molar-refractivity contribution is 0.101. The van der Waals surface area contributed by atoms with Crippen LogP contribution in [0, 0.1) is 0 Å². The quantitative estimate of drug-likeness (QED) is 0.666. The fourth-order valence-electron chi connectivity index (χ4n) is 1.46. The van der Waals surface area contributed by atoms with E-state index in [1.54, 1.807) is 6.92 Å². The first-order chi connectivity index (χ1) is 7.08. The molecule has 0 aliphatic carbocycles. The maximum Gasteiger partial charge on any atom is 0.253 e. The van der Waals surface area contributed by atoms with Crippen molar-refractivity contribution in [3.8, 4) is 0 Å². The number of hydrogen-bond donors (Lipinski definition) is 0. The van der Waals surface area contributed by atoms with E-state index in [2.05, 4.69) is 0 Å². The second-order valence-corrected chi connectivity index (χ2v) is 5.39. The predicted molar refractivity (Wildman–Crippen MR) is 61.6 cm³/mol. The Morgan fingerprint density at radius 1 is 1.27 bits per heavy atom. The average molecular weight is 230 g/mol. The van der Waals surface area contributed by atoms with Crippen LogP contribution in [0.15, 0.2) is 35.2 Å². The molecule has 1 aromatic carbocycles. The summed E-state index contributed by atoms with van der Waals surface area (Å²) in [7, 11) is 0. The van der Waals surface area contributed by atoms with Crippen molar-refractivity contribution in [2.45, 2.75) is 42.8 Å². The molecule has 0 radical (unpaired) electrons. The van der Waals surface area contributed by atoms with Crippen LogP contribution in [0.2, 0.25) is 0 Å². The first-order valence-electron chi connectivity index (χ1n) is 5.10. The van der Waals surface area contributed by atoms with E-state index in [1.165, 1.54) is 11.8 Å². The van der Waals surface area contributed by atoms with Gasteiger partial charge in [0.2, 0.25) is 0 Å². The van der Waals surface area contributed by atoms with Crippen LogP contribution in [0.4, 0.5) is 8.78 Å². The van der Waals surface area contributed by atoms with Crippen molar-refractivity contribution in [3.63, 3.8) is 0 Å². The summed E-state index contributed by atoms with van der Waals surface area (Å²) in [4.78, 5) is 0.911. The highest BCUT2D eigenvalue weighted by atomic mass is 32.2. The van der Waals surface area contributed by atoms with E-state index in [0.717, 1.165) is 11.3 Å². The molecule has 0 N–H and O–H groups in total. The Hall–Kier alpha value is -0.570. The monoisotopic (exact) mass is 230 g/mol. The van der Waals surface area contributed by atoms with Crippen molar-refractivity contribution in [1.82, 2.24) is 0 Å². The second-order valence-electron chi connectivity index (χ2n) is 3.78. The Labute approximate surface area is 94.1 Å². The zero-order valence-corrected chi connectivity index (χ0v) is 9.86. The molecule has 0 saturated carbocycles. The van der Waals surface area contributed by atoms with Crippen LogP contribution in [0.1, 0.15) is 26.7 Å². The Balaban J connectivity index is 2.75. The summed E-state index contributed by atoms with van der Waals surface area (Å²) >= 11 is 1.27. The number of alkyl halides is 2. The van der Waals surface area contributed by atoms with Crippen LogP contribution >= 0.6 is 11.8 Å². The van der Waals surface area contributed by atoms with Gasteiger partial charge in [0.1, 0.15) is 0 Å². The Morgan fingerprint density at radius 3 is 2.33 bits per heavy atom. The lowest BCUT2D eigenvalue weighted by Crippen LogP contribution is -2.29. The van der Waals surface area contributed by atoms with Gasteiger partial charge in [0, 0.05) is 4.90 Å². The average Bonchev–Trinajstić information content (AvgIpc) is 2.19. The number of halogens is 2. The molecule has 0 bridgehead atoms. The smallest absolute Gasteiger partial charge is 0.209 e. The zero-order chi connectivity index (χ0) is 11.3. The lowest BCUT2D eigenvalue weighted by Gasteiger charge is -2.27. The van der Waals surface area contributed by atoms with Gasteiger partial charge in [-0.05, 0) is 25.5 Å². The van der Waals surface area contributed by atoms with Gasteiger partial charge in [-0.2, -0.15) is 0 Å². The van der Waals surface area contributed by atoms with Crippen molar-refractivity contribution in [1.29, 1.82) is 0 Å². The molecule has 0 saturated heterocycles. The van der Waals surface area contributed by atoms with E-state index < -0.39 is 11.2 Å². The summed E-state index contributed by atoms with van der Waals surface area (Å²) in [6, 6.07) is 9.39. The summed E-state index contributed by atoms with van der Waals surface area (Å²) < 4.78 is 24.9. The number of hydrogen-bond acceptors (Lipinski definition) is 1. The van der Waals surface area contributed by atoms with Crippen LogP contribution in [-0.4, -0.2) is 11.2 Å². The fraction of sp³-hybridized carbons (Fsp3) is 0.500. The van der Waals surface area contributed by atoms with Gasteiger partial charge in [0.25, 0.3) is 6.43 Å². The third kappa shape index (κ3) is 3.49. The van der Waals surface area contributed by atoms with Gasteiger partial charge in [0.05, 0.1) is 4.75 Å². The summed E-state index contributed by atoms with van der Waals surface area (Å²) in [6.07, 6.45) is -0.979. The molecule has 84 valence electrons. The molecule has 0 aliphatic heterocycles. The van der Waals surface area contributed by atoms with Gasteiger partial charge in [-0.1, -0.05) is 31.5 Å². The minimum Gasteiger partial charge on any atom is -0.209 e. The second kappa shape index (κ2) is 5.50. The van der Waals surface area contributed by atoms with Crippen molar-refractivity contribution in [2.24, 2.45) is 0 Å². The molecular formula is C12H16F2S. The van der Waals surface area contributed by atoms with E-state index in [-0.39, 0.29) is 0 Å². The maximum atomic E-state index is 12.9. The molecule has 0 amide bonds. The van der Waals surface area contributed by atoms with E-state index in [1.807, 2.05) is 37.3 Å². The Kier molecular flexibility index (Phi) is 4.58. The van der Waals surface area contributed by atoms with E-state index in [4.69, 9.17) is 0 Å². The fourth-order valence-corrected chi connectivity index (χ4v) is 2.69. The van der Waals surface area contributed by atoms with Crippen LogP contribution in [0.5, 0.6) is 0 Å². The molecule has 1 unspecified atom stereocenters. The molecule has 0 fully saturated rings. The highest BCUT2D eigenvalue weighted by Crippen LogP contribution is 2.40. The summed E-state index contributed by atoms with van der Waals surface area (Å²) in [5.74, 6) is 0.